The minimum Gasteiger partial charge on any atom is -0.457 e. The Labute approximate surface area is 181 Å². The number of hydrogen-bond donors (Lipinski definition) is 2. The normalized spacial score (nSPS) is 11.9. The predicted octanol–water partition coefficient (Wildman–Crippen LogP) is 5.58. The van der Waals surface area contributed by atoms with Crippen molar-refractivity contribution in [3.05, 3.63) is 103 Å². The van der Waals surface area contributed by atoms with E-state index in [9.17, 15) is 4.79 Å². The molecule has 5 heteroatoms. The van der Waals surface area contributed by atoms with E-state index in [0.717, 1.165) is 27.8 Å². The number of carbonyl (C=O) groups excluding carboxylic acids is 1. The highest BCUT2D eigenvalue weighted by molar-refractivity contribution is 5.96. The van der Waals surface area contributed by atoms with Crippen LogP contribution in [-0.4, -0.2) is 18.2 Å². The van der Waals surface area contributed by atoms with Gasteiger partial charge in [-0.15, -0.1) is 0 Å². The smallest absolute Gasteiger partial charge is 0.262 e. The summed E-state index contributed by atoms with van der Waals surface area (Å²) in [6, 6.07) is 30.7. The highest BCUT2D eigenvalue weighted by Gasteiger charge is 2.13. The van der Waals surface area contributed by atoms with Crippen molar-refractivity contribution in [1.29, 1.82) is 0 Å². The zero-order chi connectivity index (χ0) is 21.5. The largest absolute Gasteiger partial charge is 0.457 e. The molecule has 0 aliphatic carbocycles. The van der Waals surface area contributed by atoms with Gasteiger partial charge in [0.15, 0.2) is 0 Å². The molecule has 0 aliphatic heterocycles. The van der Waals surface area contributed by atoms with Gasteiger partial charge in [0.1, 0.15) is 17.5 Å². The van der Waals surface area contributed by atoms with Crippen molar-refractivity contribution in [3.63, 3.8) is 0 Å². The lowest BCUT2D eigenvalue weighted by Gasteiger charge is -2.15. The molecule has 0 spiro atoms. The van der Waals surface area contributed by atoms with Crippen molar-refractivity contribution in [1.82, 2.24) is 5.43 Å². The molecule has 154 valence electrons. The molecule has 5 nitrogen and oxygen atoms in total. The van der Waals surface area contributed by atoms with Gasteiger partial charge in [0, 0.05) is 11.1 Å². The van der Waals surface area contributed by atoms with Crippen LogP contribution in [0.5, 0.6) is 11.5 Å². The standard InChI is InChI=1S/C26H23N3O2/c1-19(28-25-16-8-11-21-10-5-6-15-24(21)25)26(30)29-27-18-20-9-7-14-23(17-20)31-22-12-3-2-4-13-22/h2-19,28H,1H3,(H,29,30). The third-order valence-corrected chi connectivity index (χ3v) is 4.78. The molecular formula is C26H23N3O2. The fraction of sp³-hybridized carbons (Fsp3) is 0.0769. The summed E-state index contributed by atoms with van der Waals surface area (Å²) in [6.45, 7) is 1.81. The molecule has 0 saturated carbocycles. The number of hydrogen-bond acceptors (Lipinski definition) is 4. The molecule has 1 amide bonds. The van der Waals surface area contributed by atoms with Crippen molar-refractivity contribution in [3.8, 4) is 11.5 Å². The van der Waals surface area contributed by atoms with Crippen molar-refractivity contribution in [2.45, 2.75) is 13.0 Å². The maximum Gasteiger partial charge on any atom is 0.262 e. The lowest BCUT2D eigenvalue weighted by atomic mass is 10.1. The van der Waals surface area contributed by atoms with Crippen molar-refractivity contribution in [2.75, 3.05) is 5.32 Å². The summed E-state index contributed by atoms with van der Waals surface area (Å²) in [5.74, 6) is 1.24. The minimum atomic E-state index is -0.448. The average molecular weight is 409 g/mol. The Balaban J connectivity index is 1.36. The highest BCUT2D eigenvalue weighted by atomic mass is 16.5. The molecule has 2 N–H and O–H groups in total. The number of nitrogens with zero attached hydrogens (tertiary/aromatic N) is 1. The molecule has 0 heterocycles. The molecule has 1 unspecified atom stereocenters. The van der Waals surface area contributed by atoms with Crippen LogP contribution in [0.25, 0.3) is 10.8 Å². The Hall–Kier alpha value is -4.12. The maximum absolute atomic E-state index is 12.5. The van der Waals surface area contributed by atoms with Gasteiger partial charge >= 0.3 is 0 Å². The van der Waals surface area contributed by atoms with Crippen LogP contribution in [0.3, 0.4) is 0 Å². The quantitative estimate of drug-likeness (QED) is 0.309. The molecule has 0 bridgehead atoms. The Morgan fingerprint density at radius 2 is 1.58 bits per heavy atom. The van der Waals surface area contributed by atoms with Gasteiger partial charge in [-0.25, -0.2) is 5.43 Å². The van der Waals surface area contributed by atoms with Gasteiger partial charge in [0.25, 0.3) is 5.91 Å². The van der Waals surface area contributed by atoms with Gasteiger partial charge in [0.2, 0.25) is 0 Å². The molecule has 0 fully saturated rings. The second-order valence-electron chi connectivity index (χ2n) is 7.11. The summed E-state index contributed by atoms with van der Waals surface area (Å²) in [4.78, 5) is 12.5. The molecule has 0 radical (unpaired) electrons. The minimum absolute atomic E-state index is 0.221. The van der Waals surface area contributed by atoms with Gasteiger partial charge in [-0.05, 0) is 48.2 Å². The number of hydrazone groups is 1. The third kappa shape index (κ3) is 5.28. The molecule has 0 saturated heterocycles. The fourth-order valence-electron chi connectivity index (χ4n) is 3.20. The van der Waals surface area contributed by atoms with Crippen LogP contribution in [0.2, 0.25) is 0 Å². The number of benzene rings is 4. The van der Waals surface area contributed by atoms with Crippen LogP contribution in [0.1, 0.15) is 12.5 Å². The SMILES string of the molecule is CC(Nc1cccc2ccccc12)C(=O)NN=Cc1cccc(Oc2ccccc2)c1. The monoisotopic (exact) mass is 409 g/mol. The van der Waals surface area contributed by atoms with Gasteiger partial charge in [-0.1, -0.05) is 66.7 Å². The first-order valence-corrected chi connectivity index (χ1v) is 10.1. The Morgan fingerprint density at radius 3 is 2.45 bits per heavy atom. The third-order valence-electron chi connectivity index (χ3n) is 4.78. The zero-order valence-corrected chi connectivity index (χ0v) is 17.2. The number of rotatable bonds is 7. The Bertz CT molecular complexity index is 1200. The molecule has 1 atom stereocenters. The zero-order valence-electron chi connectivity index (χ0n) is 17.2. The first-order valence-electron chi connectivity index (χ1n) is 10.1. The summed E-state index contributed by atoms with van der Waals surface area (Å²) >= 11 is 0. The Kier molecular flexibility index (Phi) is 6.24. The van der Waals surface area contributed by atoms with E-state index in [4.69, 9.17) is 4.74 Å². The van der Waals surface area contributed by atoms with Gasteiger partial charge in [-0.2, -0.15) is 5.10 Å². The molecule has 0 aromatic heterocycles. The summed E-state index contributed by atoms with van der Waals surface area (Å²) in [5.41, 5.74) is 4.33. The molecular weight excluding hydrogens is 386 g/mol. The van der Waals surface area contributed by atoms with E-state index >= 15 is 0 Å². The maximum atomic E-state index is 12.5. The van der Waals surface area contributed by atoms with Crippen LogP contribution in [0.15, 0.2) is 102 Å². The number of fused-ring (bicyclic) bond motifs is 1. The van der Waals surface area contributed by atoms with Gasteiger partial charge in [0.05, 0.1) is 6.21 Å². The van der Waals surface area contributed by atoms with E-state index in [1.54, 1.807) is 13.1 Å². The molecule has 0 aliphatic rings. The number of para-hydroxylation sites is 1. The lowest BCUT2D eigenvalue weighted by molar-refractivity contribution is -0.121. The van der Waals surface area contributed by atoms with Gasteiger partial charge < -0.3 is 10.1 Å². The second-order valence-corrected chi connectivity index (χ2v) is 7.11. The van der Waals surface area contributed by atoms with Crippen molar-refractivity contribution < 1.29 is 9.53 Å². The average Bonchev–Trinajstić information content (AvgIpc) is 2.80. The summed E-state index contributed by atoms with van der Waals surface area (Å²) in [5, 5.41) is 9.55. The molecule has 4 aromatic rings. The predicted molar refractivity (Wildman–Crippen MR) is 126 cm³/mol. The first kappa shape index (κ1) is 20.2. The van der Waals surface area contributed by atoms with Crippen LogP contribution in [0, 0.1) is 0 Å². The number of carbonyl (C=O) groups is 1. The van der Waals surface area contributed by atoms with Crippen molar-refractivity contribution >= 4 is 28.6 Å². The fourth-order valence-corrected chi connectivity index (χ4v) is 3.20. The summed E-state index contributed by atoms with van der Waals surface area (Å²) < 4.78 is 5.83. The molecule has 31 heavy (non-hydrogen) atoms. The molecule has 4 rings (SSSR count). The van der Waals surface area contributed by atoms with Crippen LogP contribution < -0.4 is 15.5 Å². The lowest BCUT2D eigenvalue weighted by Crippen LogP contribution is -2.34. The van der Waals surface area contributed by atoms with Crippen LogP contribution in [0.4, 0.5) is 5.69 Å². The second kappa shape index (κ2) is 9.59. The number of amides is 1. The van der Waals surface area contributed by atoms with E-state index in [0.29, 0.717) is 5.75 Å². The number of anilines is 1. The highest BCUT2D eigenvalue weighted by Crippen LogP contribution is 2.24. The van der Waals surface area contributed by atoms with Crippen LogP contribution >= 0.6 is 0 Å². The van der Waals surface area contributed by atoms with Crippen LogP contribution in [-0.2, 0) is 4.79 Å². The number of ether oxygens (including phenoxy) is 1. The number of nitrogens with one attached hydrogen (secondary N) is 2. The topological polar surface area (TPSA) is 62.7 Å². The Morgan fingerprint density at radius 1 is 0.871 bits per heavy atom. The first-order chi connectivity index (χ1) is 15.2. The van der Waals surface area contributed by atoms with E-state index < -0.39 is 6.04 Å². The summed E-state index contributed by atoms with van der Waals surface area (Å²) in [7, 11) is 0. The van der Waals surface area contributed by atoms with E-state index in [2.05, 4.69) is 15.8 Å². The van der Waals surface area contributed by atoms with E-state index in [1.165, 1.54) is 0 Å². The van der Waals surface area contributed by atoms with Crippen molar-refractivity contribution in [2.24, 2.45) is 5.10 Å². The molecule has 4 aromatic carbocycles. The van der Waals surface area contributed by atoms with E-state index in [-0.39, 0.29) is 5.91 Å². The summed E-state index contributed by atoms with van der Waals surface area (Å²) in [6.07, 6.45) is 1.60. The van der Waals surface area contributed by atoms with E-state index in [1.807, 2.05) is 97.1 Å². The van der Waals surface area contributed by atoms with Gasteiger partial charge in [-0.3, -0.25) is 4.79 Å².